The molecule has 2 aromatic heterocycles. The predicted octanol–water partition coefficient (Wildman–Crippen LogP) is 4.36. The van der Waals surface area contributed by atoms with Crippen LogP contribution in [-0.2, 0) is 0 Å². The van der Waals surface area contributed by atoms with Gasteiger partial charge in [0.15, 0.2) is 5.82 Å². The van der Waals surface area contributed by atoms with Crippen LogP contribution in [0.25, 0.3) is 0 Å². The number of amides is 1. The van der Waals surface area contributed by atoms with Crippen molar-refractivity contribution in [2.75, 3.05) is 5.32 Å². The molecule has 0 saturated carbocycles. The minimum Gasteiger partial charge on any atom is -0.439 e. The molecule has 0 atom stereocenters. The fourth-order valence-electron chi connectivity index (χ4n) is 1.89. The number of aromatic nitrogens is 3. The van der Waals surface area contributed by atoms with Crippen molar-refractivity contribution >= 4 is 34.8 Å². The maximum Gasteiger partial charge on any atom is 0.258 e. The first-order chi connectivity index (χ1) is 12.0. The van der Waals surface area contributed by atoms with Gasteiger partial charge in [0.05, 0.1) is 11.8 Å². The van der Waals surface area contributed by atoms with Gasteiger partial charge in [0.1, 0.15) is 10.9 Å². The third-order valence-corrected chi connectivity index (χ3v) is 3.39. The Morgan fingerprint density at radius 1 is 1.12 bits per heavy atom. The van der Waals surface area contributed by atoms with Crippen molar-refractivity contribution in [3.8, 4) is 11.6 Å². The second-order valence-corrected chi connectivity index (χ2v) is 5.46. The van der Waals surface area contributed by atoms with Gasteiger partial charge < -0.3 is 10.1 Å². The summed E-state index contributed by atoms with van der Waals surface area (Å²) in [6.07, 6.45) is 2.36. The second-order valence-electron chi connectivity index (χ2n) is 4.73. The van der Waals surface area contributed by atoms with E-state index < -0.39 is 11.7 Å². The quantitative estimate of drug-likeness (QED) is 0.538. The van der Waals surface area contributed by atoms with Crippen molar-refractivity contribution in [2.24, 2.45) is 0 Å². The molecule has 3 aromatic rings. The van der Waals surface area contributed by atoms with E-state index in [1.807, 2.05) is 0 Å². The van der Waals surface area contributed by atoms with E-state index in [1.165, 1.54) is 6.20 Å². The molecule has 2 heterocycles. The molecule has 0 aliphatic heterocycles. The summed E-state index contributed by atoms with van der Waals surface area (Å²) in [6.45, 7) is 0. The van der Waals surface area contributed by atoms with Crippen LogP contribution in [-0.4, -0.2) is 20.9 Å². The van der Waals surface area contributed by atoms with Gasteiger partial charge >= 0.3 is 0 Å². The first-order valence-electron chi connectivity index (χ1n) is 6.90. The molecule has 0 unspecified atom stereocenters. The van der Waals surface area contributed by atoms with Crippen LogP contribution in [0.4, 0.5) is 10.1 Å². The van der Waals surface area contributed by atoms with E-state index in [0.717, 1.165) is 12.3 Å². The first-order valence-corrected chi connectivity index (χ1v) is 7.66. The fraction of sp³-hybridized carbons (Fsp3) is 0. The smallest absolute Gasteiger partial charge is 0.258 e. The van der Waals surface area contributed by atoms with Crippen molar-refractivity contribution in [1.29, 1.82) is 0 Å². The zero-order valence-electron chi connectivity index (χ0n) is 12.4. The Bertz CT molecular complexity index is 922. The van der Waals surface area contributed by atoms with Gasteiger partial charge in [-0.05, 0) is 41.9 Å². The lowest BCUT2D eigenvalue weighted by Crippen LogP contribution is -2.14. The summed E-state index contributed by atoms with van der Waals surface area (Å²) in [7, 11) is 0. The molecule has 0 aliphatic carbocycles. The van der Waals surface area contributed by atoms with Gasteiger partial charge in [0.25, 0.3) is 5.91 Å². The minimum absolute atomic E-state index is 0.0267. The highest BCUT2D eigenvalue weighted by Gasteiger charge is 2.13. The van der Waals surface area contributed by atoms with Gasteiger partial charge in [-0.25, -0.2) is 14.4 Å². The van der Waals surface area contributed by atoms with Crippen LogP contribution in [0.15, 0.2) is 48.8 Å². The maximum absolute atomic E-state index is 13.6. The number of rotatable bonds is 4. The van der Waals surface area contributed by atoms with Gasteiger partial charge in [-0.3, -0.25) is 4.79 Å². The normalized spacial score (nSPS) is 10.4. The van der Waals surface area contributed by atoms with E-state index in [2.05, 4.69) is 20.3 Å². The molecule has 1 aromatic carbocycles. The number of hydrogen-bond acceptors (Lipinski definition) is 5. The molecular formula is C16H9Cl2FN4O2. The summed E-state index contributed by atoms with van der Waals surface area (Å²) in [5.41, 5.74) is 0.251. The number of pyridine rings is 1. The molecule has 3 rings (SSSR count). The average molecular weight is 379 g/mol. The van der Waals surface area contributed by atoms with Crippen LogP contribution >= 0.6 is 23.2 Å². The zero-order valence-corrected chi connectivity index (χ0v) is 13.9. The number of anilines is 1. The van der Waals surface area contributed by atoms with Crippen LogP contribution in [0.3, 0.4) is 0 Å². The minimum atomic E-state index is -0.762. The van der Waals surface area contributed by atoms with Crippen molar-refractivity contribution in [2.45, 2.75) is 0 Å². The first kappa shape index (κ1) is 17.1. The number of ether oxygens (including phenoxy) is 1. The predicted molar refractivity (Wildman–Crippen MR) is 90.7 cm³/mol. The Morgan fingerprint density at radius 3 is 2.60 bits per heavy atom. The molecule has 6 nitrogen and oxygen atoms in total. The Kier molecular flexibility index (Phi) is 5.06. The SMILES string of the molecule is O=C(Nc1ccc(Oc2ccnc(Cl)n2)cc1)c1cc(Cl)ncc1F. The van der Waals surface area contributed by atoms with Crippen LogP contribution < -0.4 is 10.1 Å². The molecule has 126 valence electrons. The van der Waals surface area contributed by atoms with Crippen LogP contribution in [0.5, 0.6) is 11.6 Å². The molecule has 0 saturated heterocycles. The molecule has 9 heteroatoms. The van der Waals surface area contributed by atoms with Gasteiger partial charge in [0, 0.05) is 18.0 Å². The van der Waals surface area contributed by atoms with E-state index in [1.54, 1.807) is 30.3 Å². The van der Waals surface area contributed by atoms with E-state index >= 15 is 0 Å². The average Bonchev–Trinajstić information content (AvgIpc) is 2.59. The number of benzene rings is 1. The van der Waals surface area contributed by atoms with Crippen LogP contribution in [0, 0.1) is 5.82 Å². The van der Waals surface area contributed by atoms with E-state index in [0.29, 0.717) is 11.4 Å². The summed E-state index contributed by atoms with van der Waals surface area (Å²) in [4.78, 5) is 23.3. The van der Waals surface area contributed by atoms with E-state index in [4.69, 9.17) is 27.9 Å². The lowest BCUT2D eigenvalue weighted by molar-refractivity contribution is 0.102. The van der Waals surface area contributed by atoms with Gasteiger partial charge in [0.2, 0.25) is 11.2 Å². The molecule has 0 radical (unpaired) electrons. The Labute approximate surface area is 151 Å². The monoisotopic (exact) mass is 378 g/mol. The standard InChI is InChI=1S/C16H9Cl2FN4O2/c17-13-7-11(12(19)8-21-13)15(24)22-9-1-3-10(4-2-9)25-14-5-6-20-16(18)23-14/h1-8H,(H,22,24). The molecule has 25 heavy (non-hydrogen) atoms. The highest BCUT2D eigenvalue weighted by Crippen LogP contribution is 2.22. The van der Waals surface area contributed by atoms with Gasteiger partial charge in [-0.1, -0.05) is 11.6 Å². The van der Waals surface area contributed by atoms with Crippen molar-refractivity contribution in [3.05, 3.63) is 70.6 Å². The number of hydrogen-bond donors (Lipinski definition) is 1. The molecule has 0 bridgehead atoms. The lowest BCUT2D eigenvalue weighted by Gasteiger charge is -2.08. The summed E-state index contributed by atoms with van der Waals surface area (Å²) < 4.78 is 19.1. The Morgan fingerprint density at radius 2 is 1.88 bits per heavy atom. The number of halogens is 3. The van der Waals surface area contributed by atoms with Crippen LogP contribution in [0.2, 0.25) is 10.4 Å². The second kappa shape index (κ2) is 7.42. The molecule has 0 aliphatic rings. The molecule has 1 amide bonds. The topological polar surface area (TPSA) is 77.0 Å². The summed E-state index contributed by atoms with van der Waals surface area (Å²) in [5, 5.41) is 2.65. The lowest BCUT2D eigenvalue weighted by atomic mass is 10.2. The molecule has 0 spiro atoms. The van der Waals surface area contributed by atoms with Crippen molar-refractivity contribution < 1.29 is 13.9 Å². The van der Waals surface area contributed by atoms with E-state index in [-0.39, 0.29) is 21.9 Å². The largest absolute Gasteiger partial charge is 0.439 e. The number of nitrogens with zero attached hydrogens (tertiary/aromatic N) is 3. The van der Waals surface area contributed by atoms with Gasteiger partial charge in [-0.15, -0.1) is 0 Å². The third kappa shape index (κ3) is 4.40. The van der Waals surface area contributed by atoms with Crippen molar-refractivity contribution in [1.82, 2.24) is 15.0 Å². The highest BCUT2D eigenvalue weighted by molar-refractivity contribution is 6.29. The molecule has 0 fully saturated rings. The highest BCUT2D eigenvalue weighted by atomic mass is 35.5. The number of carbonyl (C=O) groups excluding carboxylic acids is 1. The number of nitrogens with one attached hydrogen (secondary N) is 1. The molecular weight excluding hydrogens is 370 g/mol. The van der Waals surface area contributed by atoms with E-state index in [9.17, 15) is 9.18 Å². The van der Waals surface area contributed by atoms with Crippen LogP contribution in [0.1, 0.15) is 10.4 Å². The van der Waals surface area contributed by atoms with Crippen molar-refractivity contribution in [3.63, 3.8) is 0 Å². The zero-order chi connectivity index (χ0) is 17.8. The van der Waals surface area contributed by atoms with Gasteiger partial charge in [-0.2, -0.15) is 4.98 Å². The summed E-state index contributed by atoms with van der Waals surface area (Å²) >= 11 is 11.4. The maximum atomic E-state index is 13.6. The third-order valence-electron chi connectivity index (χ3n) is 3.00. The summed E-state index contributed by atoms with van der Waals surface area (Å²) in [6, 6.07) is 9.12. The summed E-state index contributed by atoms with van der Waals surface area (Å²) in [5.74, 6) is -0.642. The Hall–Kier alpha value is -2.77. The fourth-order valence-corrected chi connectivity index (χ4v) is 2.19. The number of carbonyl (C=O) groups is 1. The Balaban J connectivity index is 1.70. The molecule has 1 N–H and O–H groups in total.